The van der Waals surface area contributed by atoms with Crippen LogP contribution in [0.15, 0.2) is 18.7 Å². The van der Waals surface area contributed by atoms with Crippen molar-refractivity contribution in [3.05, 3.63) is 18.7 Å². The van der Waals surface area contributed by atoms with Gasteiger partial charge >= 0.3 is 5.97 Å². The first kappa shape index (κ1) is 11.7. The fraction of sp³-hybridized carbons (Fsp3) is 0.600. The van der Waals surface area contributed by atoms with Crippen molar-refractivity contribution >= 4 is 5.97 Å². The van der Waals surface area contributed by atoms with Crippen LogP contribution in [0.1, 0.15) is 6.92 Å². The number of methoxy groups -OCH3 is 1. The summed E-state index contributed by atoms with van der Waals surface area (Å²) < 4.78 is 6.60. The summed E-state index contributed by atoms with van der Waals surface area (Å²) in [5.41, 5.74) is 0. The van der Waals surface area contributed by atoms with Gasteiger partial charge in [0, 0.05) is 32.0 Å². The minimum absolute atomic E-state index is 0.0993. The van der Waals surface area contributed by atoms with Crippen LogP contribution < -0.4 is 5.32 Å². The standard InChI is InChI=1S/C10H17N3O2/c1-9(10(14)15-2)7-11-3-5-13-6-4-12-8-13/h4,6,8-9,11H,3,5,7H2,1-2H3. The molecular weight excluding hydrogens is 194 g/mol. The lowest BCUT2D eigenvalue weighted by Gasteiger charge is -2.10. The van der Waals surface area contributed by atoms with Gasteiger partial charge in [-0.25, -0.2) is 4.98 Å². The highest BCUT2D eigenvalue weighted by molar-refractivity contribution is 5.71. The van der Waals surface area contributed by atoms with E-state index in [1.165, 1.54) is 7.11 Å². The molecule has 5 nitrogen and oxygen atoms in total. The molecule has 0 aliphatic carbocycles. The van der Waals surface area contributed by atoms with Crippen LogP contribution in [-0.4, -0.2) is 35.7 Å². The van der Waals surface area contributed by atoms with Gasteiger partial charge in [-0.05, 0) is 0 Å². The molecule has 0 saturated carbocycles. The van der Waals surface area contributed by atoms with Gasteiger partial charge in [0.05, 0.1) is 19.4 Å². The van der Waals surface area contributed by atoms with Crippen molar-refractivity contribution in [2.45, 2.75) is 13.5 Å². The maximum atomic E-state index is 11.1. The van der Waals surface area contributed by atoms with Crippen molar-refractivity contribution in [1.82, 2.24) is 14.9 Å². The number of nitrogens with zero attached hydrogens (tertiary/aromatic N) is 2. The Hall–Kier alpha value is -1.36. The van der Waals surface area contributed by atoms with Crippen molar-refractivity contribution < 1.29 is 9.53 Å². The highest BCUT2D eigenvalue weighted by Crippen LogP contribution is 1.94. The number of rotatable bonds is 6. The Bertz CT molecular complexity index is 285. The molecule has 0 saturated heterocycles. The Morgan fingerprint density at radius 2 is 2.47 bits per heavy atom. The number of aromatic nitrogens is 2. The first-order valence-electron chi connectivity index (χ1n) is 4.98. The molecule has 1 heterocycles. The zero-order valence-corrected chi connectivity index (χ0v) is 9.14. The Kier molecular flexibility index (Phi) is 4.83. The van der Waals surface area contributed by atoms with Gasteiger partial charge in [0.25, 0.3) is 0 Å². The molecule has 0 aromatic carbocycles. The van der Waals surface area contributed by atoms with E-state index in [1.54, 1.807) is 12.5 Å². The quantitative estimate of drug-likeness (QED) is 0.542. The van der Waals surface area contributed by atoms with Gasteiger partial charge in [0.15, 0.2) is 0 Å². The molecule has 1 atom stereocenters. The topological polar surface area (TPSA) is 56.1 Å². The summed E-state index contributed by atoms with van der Waals surface area (Å²) in [6, 6.07) is 0. The van der Waals surface area contributed by atoms with Gasteiger partial charge in [-0.2, -0.15) is 0 Å². The second kappa shape index (κ2) is 6.19. The summed E-state index contributed by atoms with van der Waals surface area (Å²) in [5, 5.41) is 3.19. The molecule has 1 unspecified atom stereocenters. The Morgan fingerprint density at radius 3 is 3.07 bits per heavy atom. The summed E-state index contributed by atoms with van der Waals surface area (Å²) in [7, 11) is 1.41. The summed E-state index contributed by atoms with van der Waals surface area (Å²) in [5.74, 6) is -0.275. The highest BCUT2D eigenvalue weighted by atomic mass is 16.5. The predicted octanol–water partition coefficient (Wildman–Crippen LogP) is 0.282. The number of hydrogen-bond acceptors (Lipinski definition) is 4. The smallest absolute Gasteiger partial charge is 0.309 e. The molecule has 1 N–H and O–H groups in total. The van der Waals surface area contributed by atoms with Gasteiger partial charge < -0.3 is 14.6 Å². The second-order valence-corrected chi connectivity index (χ2v) is 3.43. The van der Waals surface area contributed by atoms with Gasteiger partial charge in [-0.1, -0.05) is 6.92 Å². The Labute approximate surface area is 89.4 Å². The monoisotopic (exact) mass is 211 g/mol. The third-order valence-corrected chi connectivity index (χ3v) is 2.16. The molecule has 15 heavy (non-hydrogen) atoms. The second-order valence-electron chi connectivity index (χ2n) is 3.43. The number of nitrogens with one attached hydrogen (secondary N) is 1. The first-order chi connectivity index (χ1) is 7.24. The van der Waals surface area contributed by atoms with E-state index in [0.717, 1.165) is 13.1 Å². The van der Waals surface area contributed by atoms with E-state index >= 15 is 0 Å². The normalized spacial score (nSPS) is 12.4. The molecule has 5 heteroatoms. The molecule has 84 valence electrons. The Morgan fingerprint density at radius 1 is 1.67 bits per heavy atom. The van der Waals surface area contributed by atoms with Gasteiger partial charge in [0.1, 0.15) is 0 Å². The molecule has 1 aromatic heterocycles. The molecule has 0 amide bonds. The molecule has 1 aromatic rings. The number of esters is 1. The molecular formula is C10H17N3O2. The fourth-order valence-electron chi connectivity index (χ4n) is 1.23. The lowest BCUT2D eigenvalue weighted by molar-refractivity contribution is -0.144. The summed E-state index contributed by atoms with van der Waals surface area (Å²) >= 11 is 0. The lowest BCUT2D eigenvalue weighted by atomic mass is 10.2. The van der Waals surface area contributed by atoms with Crippen LogP contribution in [0, 0.1) is 5.92 Å². The third kappa shape index (κ3) is 4.12. The first-order valence-corrected chi connectivity index (χ1v) is 4.98. The third-order valence-electron chi connectivity index (χ3n) is 2.16. The average molecular weight is 211 g/mol. The number of carbonyl (C=O) groups is 1. The van der Waals surface area contributed by atoms with Crippen LogP contribution in [0.4, 0.5) is 0 Å². The number of imidazole rings is 1. The maximum Gasteiger partial charge on any atom is 0.309 e. The molecule has 1 rings (SSSR count). The van der Waals surface area contributed by atoms with Gasteiger partial charge in [0.2, 0.25) is 0 Å². The number of carbonyl (C=O) groups excluding carboxylic acids is 1. The average Bonchev–Trinajstić information content (AvgIpc) is 2.75. The van der Waals surface area contributed by atoms with Gasteiger partial charge in [-0.3, -0.25) is 4.79 Å². The van der Waals surface area contributed by atoms with Crippen LogP contribution >= 0.6 is 0 Å². The van der Waals surface area contributed by atoms with E-state index in [4.69, 9.17) is 0 Å². The number of ether oxygens (including phenoxy) is 1. The van der Waals surface area contributed by atoms with E-state index in [0.29, 0.717) is 6.54 Å². The van der Waals surface area contributed by atoms with Crippen LogP contribution in [0.25, 0.3) is 0 Å². The van der Waals surface area contributed by atoms with Crippen molar-refractivity contribution in [3.63, 3.8) is 0 Å². The zero-order valence-electron chi connectivity index (χ0n) is 9.14. The summed E-state index contributed by atoms with van der Waals surface area (Å²) in [6.07, 6.45) is 5.42. The summed E-state index contributed by atoms with van der Waals surface area (Å²) in [4.78, 5) is 15.0. The van der Waals surface area contributed by atoms with Crippen LogP contribution in [-0.2, 0) is 16.1 Å². The molecule has 0 aliphatic heterocycles. The summed E-state index contributed by atoms with van der Waals surface area (Å²) in [6.45, 7) is 4.16. The van der Waals surface area contributed by atoms with E-state index in [1.807, 2.05) is 17.7 Å². The van der Waals surface area contributed by atoms with Crippen molar-refractivity contribution in [1.29, 1.82) is 0 Å². The Balaban J connectivity index is 2.09. The fourth-order valence-corrected chi connectivity index (χ4v) is 1.23. The van der Waals surface area contributed by atoms with Crippen molar-refractivity contribution in [3.8, 4) is 0 Å². The molecule has 0 bridgehead atoms. The van der Waals surface area contributed by atoms with Gasteiger partial charge in [-0.15, -0.1) is 0 Å². The van der Waals surface area contributed by atoms with Crippen LogP contribution in [0.2, 0.25) is 0 Å². The van der Waals surface area contributed by atoms with E-state index in [2.05, 4.69) is 15.0 Å². The van der Waals surface area contributed by atoms with Crippen molar-refractivity contribution in [2.75, 3.05) is 20.2 Å². The molecule has 0 fully saturated rings. The highest BCUT2D eigenvalue weighted by Gasteiger charge is 2.11. The van der Waals surface area contributed by atoms with Crippen LogP contribution in [0.5, 0.6) is 0 Å². The molecule has 0 aliphatic rings. The van der Waals surface area contributed by atoms with Crippen molar-refractivity contribution in [2.24, 2.45) is 5.92 Å². The zero-order chi connectivity index (χ0) is 11.1. The number of hydrogen-bond donors (Lipinski definition) is 1. The minimum Gasteiger partial charge on any atom is -0.469 e. The van der Waals surface area contributed by atoms with E-state index < -0.39 is 0 Å². The predicted molar refractivity (Wildman–Crippen MR) is 56.3 cm³/mol. The maximum absolute atomic E-state index is 11.1. The molecule has 0 spiro atoms. The SMILES string of the molecule is COC(=O)C(C)CNCCn1ccnc1. The largest absolute Gasteiger partial charge is 0.469 e. The van der Waals surface area contributed by atoms with E-state index in [-0.39, 0.29) is 11.9 Å². The lowest BCUT2D eigenvalue weighted by Crippen LogP contribution is -2.29. The van der Waals surface area contributed by atoms with Crippen LogP contribution in [0.3, 0.4) is 0 Å². The molecule has 0 radical (unpaired) electrons. The van der Waals surface area contributed by atoms with E-state index in [9.17, 15) is 4.79 Å². The minimum atomic E-state index is -0.176.